The topological polar surface area (TPSA) is 29.1 Å². The lowest BCUT2D eigenvalue weighted by molar-refractivity contribution is 0.492. The third-order valence-electron chi connectivity index (χ3n) is 1.24. The van der Waals surface area contributed by atoms with Crippen LogP contribution in [-0.4, -0.2) is 13.6 Å². The van der Waals surface area contributed by atoms with Crippen LogP contribution in [0.25, 0.3) is 0 Å². The number of rotatable bonds is 4. The Kier molecular flexibility index (Phi) is 3.56. The molecule has 0 amide bonds. The third kappa shape index (κ3) is 1.98. The van der Waals surface area contributed by atoms with E-state index in [-0.39, 0.29) is 0 Å². The van der Waals surface area contributed by atoms with Crippen molar-refractivity contribution in [2.45, 2.75) is 6.67 Å². The van der Waals surface area contributed by atoms with Crippen molar-refractivity contribution in [3.8, 4) is 0 Å². The highest BCUT2D eigenvalue weighted by Gasteiger charge is 2.08. The second-order valence-electron chi connectivity index (χ2n) is 1.96. The number of carbonyl (C=O) groups is 1. The van der Waals surface area contributed by atoms with Gasteiger partial charge in [-0.15, -0.1) is 11.3 Å². The summed E-state index contributed by atoms with van der Waals surface area (Å²) in [5, 5.41) is 4.67. The largest absolute Gasteiger partial charge is 0.423 e. The maximum atomic E-state index is 12.2. The van der Waals surface area contributed by atoms with Gasteiger partial charge in [0, 0.05) is 5.38 Å². The summed E-state index contributed by atoms with van der Waals surface area (Å²) in [5.41, 5.74) is 0.483. The lowest BCUT2D eigenvalue weighted by atomic mass is 9.98. The van der Waals surface area contributed by atoms with Crippen molar-refractivity contribution in [1.29, 1.82) is 0 Å². The molecular formula is C6H5BClFNOS. The Morgan fingerprint density at radius 3 is 3.17 bits per heavy atom. The van der Waals surface area contributed by atoms with Crippen LogP contribution in [-0.2, 0) is 11.5 Å². The Balaban J connectivity index is 2.78. The van der Waals surface area contributed by atoms with Crippen LogP contribution >= 0.6 is 22.9 Å². The summed E-state index contributed by atoms with van der Waals surface area (Å²) >= 11 is 6.93. The van der Waals surface area contributed by atoms with Crippen molar-refractivity contribution in [3.05, 3.63) is 15.3 Å². The van der Waals surface area contributed by atoms with Gasteiger partial charge in [-0.1, -0.05) is 11.6 Å². The monoisotopic (exact) mass is 204 g/mol. The standard InChI is InChI=1S/C6H5BClFNOS/c8-4-2-12-5(1-9)6(4)10-7-3-11/h2-3,10H,1H2. The number of hydrogen-bond acceptors (Lipinski definition) is 3. The molecular weight excluding hydrogens is 199 g/mol. The first-order valence-electron chi connectivity index (χ1n) is 3.15. The van der Waals surface area contributed by atoms with Gasteiger partial charge in [0.15, 0.2) is 0 Å². The van der Waals surface area contributed by atoms with Crippen molar-refractivity contribution in [2.75, 3.05) is 5.23 Å². The number of halogens is 2. The van der Waals surface area contributed by atoms with E-state index in [1.54, 1.807) is 5.38 Å². The van der Waals surface area contributed by atoms with Crippen molar-refractivity contribution in [3.63, 3.8) is 0 Å². The molecule has 1 aromatic rings. The van der Waals surface area contributed by atoms with E-state index in [0.717, 1.165) is 0 Å². The zero-order valence-electron chi connectivity index (χ0n) is 6.01. The van der Waals surface area contributed by atoms with Gasteiger partial charge in [0.25, 0.3) is 0 Å². The van der Waals surface area contributed by atoms with Crippen molar-refractivity contribution in [2.24, 2.45) is 0 Å². The number of carbonyl (C=O) groups excluding carboxylic acids is 1. The van der Waals surface area contributed by atoms with E-state index in [4.69, 9.17) is 11.6 Å². The van der Waals surface area contributed by atoms with Crippen LogP contribution in [0.15, 0.2) is 5.38 Å². The highest BCUT2D eigenvalue weighted by atomic mass is 35.5. The summed E-state index contributed by atoms with van der Waals surface area (Å²) in [7, 11) is 1.17. The Morgan fingerprint density at radius 2 is 2.58 bits per heavy atom. The van der Waals surface area contributed by atoms with Gasteiger partial charge in [-0.2, -0.15) is 0 Å². The molecule has 0 aliphatic heterocycles. The van der Waals surface area contributed by atoms with Crippen LogP contribution in [0.4, 0.5) is 10.1 Å². The van der Waals surface area contributed by atoms with E-state index in [2.05, 4.69) is 5.23 Å². The molecule has 0 saturated carbocycles. The Labute approximate surface area is 79.0 Å². The lowest BCUT2D eigenvalue weighted by Crippen LogP contribution is -2.07. The average molecular weight is 204 g/mol. The quantitative estimate of drug-likeness (QED) is 0.601. The van der Waals surface area contributed by atoms with Gasteiger partial charge in [0.2, 0.25) is 0 Å². The fourth-order valence-electron chi connectivity index (χ4n) is 0.739. The Morgan fingerprint density at radius 1 is 1.83 bits per heavy atom. The maximum Gasteiger partial charge on any atom is 0.326 e. The first-order chi connectivity index (χ1) is 5.79. The fourth-order valence-corrected chi connectivity index (χ4v) is 1.81. The van der Waals surface area contributed by atoms with E-state index in [9.17, 15) is 9.18 Å². The van der Waals surface area contributed by atoms with Crippen molar-refractivity contribution in [1.82, 2.24) is 0 Å². The van der Waals surface area contributed by atoms with E-state index < -0.39 is 6.67 Å². The molecule has 1 heterocycles. The summed E-state index contributed by atoms with van der Waals surface area (Å²) < 4.78 is 12.2. The molecule has 0 aliphatic carbocycles. The van der Waals surface area contributed by atoms with Gasteiger partial charge in [0.05, 0.1) is 15.6 Å². The minimum atomic E-state index is -0.577. The number of thiophene rings is 1. The SMILES string of the molecule is O=C[B]Nc1c(Cl)csc1CF. The molecule has 0 aromatic carbocycles. The summed E-state index contributed by atoms with van der Waals surface area (Å²) in [4.78, 5) is 10.5. The maximum absolute atomic E-state index is 12.2. The second-order valence-corrected chi connectivity index (χ2v) is 3.33. The zero-order chi connectivity index (χ0) is 8.97. The molecule has 0 aliphatic rings. The molecule has 63 valence electrons. The van der Waals surface area contributed by atoms with Crippen LogP contribution in [0.2, 0.25) is 5.02 Å². The van der Waals surface area contributed by atoms with Crippen molar-refractivity contribution >= 4 is 42.2 Å². The molecule has 12 heavy (non-hydrogen) atoms. The molecule has 0 bridgehead atoms. The minimum absolute atomic E-state index is 0.436. The smallest absolute Gasteiger partial charge is 0.326 e. The van der Waals surface area contributed by atoms with Crippen LogP contribution in [0.3, 0.4) is 0 Å². The predicted molar refractivity (Wildman–Crippen MR) is 50.3 cm³/mol. The number of alkyl halides is 1. The third-order valence-corrected chi connectivity index (χ3v) is 2.62. The average Bonchev–Trinajstić information content (AvgIpc) is 2.43. The lowest BCUT2D eigenvalue weighted by Gasteiger charge is -2.00. The molecule has 6 heteroatoms. The van der Waals surface area contributed by atoms with Crippen LogP contribution in [0.5, 0.6) is 0 Å². The molecule has 0 spiro atoms. The number of nitrogens with one attached hydrogen (secondary N) is 1. The molecule has 0 atom stereocenters. The molecule has 1 aromatic heterocycles. The van der Waals surface area contributed by atoms with E-state index in [1.807, 2.05) is 0 Å². The Bertz CT molecular complexity index is 281. The summed E-state index contributed by atoms with van der Waals surface area (Å²) in [5.74, 6) is 0. The highest BCUT2D eigenvalue weighted by Crippen LogP contribution is 2.32. The van der Waals surface area contributed by atoms with Gasteiger partial charge in [-0.3, -0.25) is 0 Å². The van der Waals surface area contributed by atoms with Gasteiger partial charge in [-0.05, 0) is 0 Å². The molecule has 0 unspecified atom stereocenters. The number of anilines is 1. The summed E-state index contributed by atoms with van der Waals surface area (Å²) in [6.45, 7) is -0.577. The van der Waals surface area contributed by atoms with Gasteiger partial charge < -0.3 is 10.0 Å². The molecule has 0 fully saturated rings. The minimum Gasteiger partial charge on any atom is -0.423 e. The first kappa shape index (κ1) is 9.54. The van der Waals surface area contributed by atoms with Gasteiger partial charge in [0.1, 0.15) is 12.9 Å². The fraction of sp³-hybridized carbons (Fsp3) is 0.167. The van der Waals surface area contributed by atoms with Crippen molar-refractivity contribution < 1.29 is 9.18 Å². The second kappa shape index (κ2) is 4.47. The van der Waals surface area contributed by atoms with E-state index in [1.165, 1.54) is 18.8 Å². The summed E-state index contributed by atoms with van der Waals surface area (Å²) in [6, 6.07) is 0. The summed E-state index contributed by atoms with van der Waals surface area (Å²) in [6.07, 6.45) is 0.579. The molecule has 1 radical (unpaired) electrons. The predicted octanol–water partition coefficient (Wildman–Crippen LogP) is 2.09. The van der Waals surface area contributed by atoms with Gasteiger partial charge in [-0.25, -0.2) is 4.39 Å². The molecule has 1 rings (SSSR count). The normalized spacial score (nSPS) is 9.50. The van der Waals surface area contributed by atoms with Crippen LogP contribution in [0.1, 0.15) is 4.88 Å². The van der Waals surface area contributed by atoms with Crippen LogP contribution < -0.4 is 5.23 Å². The van der Waals surface area contributed by atoms with E-state index in [0.29, 0.717) is 21.8 Å². The highest BCUT2D eigenvalue weighted by molar-refractivity contribution is 7.11. The molecule has 2 nitrogen and oxygen atoms in total. The Hall–Kier alpha value is -0.545. The molecule has 1 N–H and O–H groups in total. The van der Waals surface area contributed by atoms with E-state index >= 15 is 0 Å². The zero-order valence-corrected chi connectivity index (χ0v) is 7.58. The van der Waals surface area contributed by atoms with Gasteiger partial charge >= 0.3 is 7.41 Å². The number of hydrogen-bond donors (Lipinski definition) is 1. The van der Waals surface area contributed by atoms with Crippen LogP contribution in [0, 0.1) is 0 Å². The first-order valence-corrected chi connectivity index (χ1v) is 4.40. The molecule has 0 saturated heterocycles.